The SMILES string of the molecule is CCCC(NC(=O)[C@@H]1CC(OCc2ccccc2)CN1C(=O)[C@@H](NC(=O)[C@@H](NC(=O)[C@@H](CCC(=O)O)NC(=O)[C@H](CC(=O)O)NC(C)=O)[C@@H](C)CC)C(C)C)C(=O)CF. The van der Waals surface area contributed by atoms with Gasteiger partial charge in [-0.1, -0.05) is 77.8 Å². The standard InChI is InChI=1S/C40H59FN6O12/c1-7-12-27(31(49)19-41)43-38(56)30-17-26(59-21-25-13-10-9-11-14-25)20-47(30)40(58)34(22(3)4)45-39(57)35(23(5)8-2)46-36(54)28(15-16-32(50)51)44-37(55)29(18-33(52)53)42-24(6)48/h9-11,13-14,22-23,26-30,34-35H,7-8,12,15-21H2,1-6H3,(H,42,48)(H,43,56)(H,44,55)(H,45,57)(H,46,54)(H,50,51)(H,52,53)/t23-,26?,27?,28+,29-,30-,34-,35-/m0/s1. The molecule has 7 N–H and O–H groups in total. The van der Waals surface area contributed by atoms with E-state index in [9.17, 15) is 57.8 Å². The van der Waals surface area contributed by atoms with Crippen LogP contribution in [0.15, 0.2) is 30.3 Å². The highest BCUT2D eigenvalue weighted by Crippen LogP contribution is 2.25. The van der Waals surface area contributed by atoms with Crippen molar-refractivity contribution in [1.29, 1.82) is 0 Å². The van der Waals surface area contributed by atoms with Crippen LogP contribution in [0.1, 0.15) is 92.1 Å². The number of nitrogens with one attached hydrogen (secondary N) is 5. The molecule has 1 aromatic rings. The molecule has 1 heterocycles. The fourth-order valence-corrected chi connectivity index (χ4v) is 6.49. The summed E-state index contributed by atoms with van der Waals surface area (Å²) in [5, 5.41) is 30.9. The summed E-state index contributed by atoms with van der Waals surface area (Å²) < 4.78 is 19.5. The number of ketones is 1. The van der Waals surface area contributed by atoms with E-state index in [1.807, 2.05) is 30.3 Å². The Balaban J connectivity index is 2.40. The van der Waals surface area contributed by atoms with Crippen molar-refractivity contribution in [2.75, 3.05) is 13.2 Å². The summed E-state index contributed by atoms with van der Waals surface area (Å²) >= 11 is 0. The third-order valence-electron chi connectivity index (χ3n) is 9.97. The maximum atomic E-state index is 14.4. The van der Waals surface area contributed by atoms with E-state index < -0.39 is 133 Å². The number of carbonyl (C=O) groups excluding carboxylic acids is 7. The molecule has 2 rings (SSSR count). The number of carboxylic acid groups (broad SMARTS) is 2. The number of hydrogen-bond donors (Lipinski definition) is 7. The largest absolute Gasteiger partial charge is 0.481 e. The second kappa shape index (κ2) is 24.5. The molecule has 6 amide bonds. The van der Waals surface area contributed by atoms with E-state index in [4.69, 9.17) is 4.74 Å². The number of rotatable bonds is 25. The number of benzene rings is 1. The summed E-state index contributed by atoms with van der Waals surface area (Å²) in [6.07, 6.45) is -1.52. The minimum absolute atomic E-state index is 0.0378. The molecule has 328 valence electrons. The lowest BCUT2D eigenvalue weighted by Crippen LogP contribution is -2.61. The molecule has 2 unspecified atom stereocenters. The zero-order valence-electron chi connectivity index (χ0n) is 34.5. The van der Waals surface area contributed by atoms with Gasteiger partial charge >= 0.3 is 11.9 Å². The molecule has 8 atom stereocenters. The van der Waals surface area contributed by atoms with Gasteiger partial charge in [-0.2, -0.15) is 0 Å². The molecular formula is C40H59FN6O12. The molecular weight excluding hydrogens is 775 g/mol. The normalized spacial score (nSPS) is 18.0. The lowest BCUT2D eigenvalue weighted by atomic mass is 9.95. The van der Waals surface area contributed by atoms with Crippen LogP contribution in [-0.2, 0) is 54.5 Å². The number of ether oxygens (including phenoxy) is 1. The van der Waals surface area contributed by atoms with E-state index in [0.29, 0.717) is 12.8 Å². The molecule has 1 aromatic carbocycles. The first-order chi connectivity index (χ1) is 27.8. The van der Waals surface area contributed by atoms with Gasteiger partial charge < -0.3 is 46.4 Å². The van der Waals surface area contributed by atoms with Gasteiger partial charge in [0, 0.05) is 26.3 Å². The average Bonchev–Trinajstić information content (AvgIpc) is 3.62. The molecule has 0 saturated carbocycles. The van der Waals surface area contributed by atoms with Gasteiger partial charge in [0.25, 0.3) is 0 Å². The fraction of sp³-hybridized carbons (Fsp3) is 0.625. The van der Waals surface area contributed by atoms with Crippen LogP contribution in [0, 0.1) is 11.8 Å². The first kappa shape index (κ1) is 49.7. The number of amides is 6. The van der Waals surface area contributed by atoms with Crippen molar-refractivity contribution in [3.63, 3.8) is 0 Å². The molecule has 1 saturated heterocycles. The lowest BCUT2D eigenvalue weighted by Gasteiger charge is -2.33. The van der Waals surface area contributed by atoms with Gasteiger partial charge in [0.15, 0.2) is 5.78 Å². The highest BCUT2D eigenvalue weighted by atomic mass is 19.1. The number of hydrogen-bond acceptors (Lipinski definition) is 10. The zero-order chi connectivity index (χ0) is 44.4. The fourth-order valence-electron chi connectivity index (χ4n) is 6.49. The Morgan fingerprint density at radius 2 is 1.42 bits per heavy atom. The van der Waals surface area contributed by atoms with Gasteiger partial charge in [0.05, 0.1) is 25.2 Å². The van der Waals surface area contributed by atoms with Gasteiger partial charge in [-0.15, -0.1) is 0 Å². The Hall–Kier alpha value is -5.46. The summed E-state index contributed by atoms with van der Waals surface area (Å²) in [7, 11) is 0. The average molecular weight is 835 g/mol. The summed E-state index contributed by atoms with van der Waals surface area (Å²) in [4.78, 5) is 117. The Morgan fingerprint density at radius 3 is 1.97 bits per heavy atom. The van der Waals surface area contributed by atoms with Crippen molar-refractivity contribution in [2.24, 2.45) is 11.8 Å². The first-order valence-electron chi connectivity index (χ1n) is 19.8. The van der Waals surface area contributed by atoms with Crippen LogP contribution in [0.25, 0.3) is 0 Å². The van der Waals surface area contributed by atoms with E-state index in [1.54, 1.807) is 34.6 Å². The lowest BCUT2D eigenvalue weighted by molar-refractivity contribution is -0.143. The minimum atomic E-state index is -1.60. The second-order valence-electron chi connectivity index (χ2n) is 15.1. The summed E-state index contributed by atoms with van der Waals surface area (Å²) in [6.45, 7) is 8.34. The maximum Gasteiger partial charge on any atom is 0.305 e. The second-order valence-corrected chi connectivity index (χ2v) is 15.1. The predicted molar refractivity (Wildman–Crippen MR) is 210 cm³/mol. The van der Waals surface area contributed by atoms with Crippen LogP contribution in [0.5, 0.6) is 0 Å². The van der Waals surface area contributed by atoms with Crippen molar-refractivity contribution >= 4 is 53.2 Å². The topological polar surface area (TPSA) is 267 Å². The Morgan fingerprint density at radius 1 is 0.797 bits per heavy atom. The summed E-state index contributed by atoms with van der Waals surface area (Å²) in [5.74, 6) is -9.66. The van der Waals surface area contributed by atoms with Gasteiger partial charge in [0.2, 0.25) is 35.4 Å². The van der Waals surface area contributed by atoms with Gasteiger partial charge in [0.1, 0.15) is 36.9 Å². The van der Waals surface area contributed by atoms with E-state index in [1.165, 1.54) is 4.90 Å². The molecule has 0 radical (unpaired) electrons. The molecule has 0 aliphatic carbocycles. The number of alkyl halides is 1. The zero-order valence-corrected chi connectivity index (χ0v) is 34.5. The third kappa shape index (κ3) is 16.0. The molecule has 18 nitrogen and oxygen atoms in total. The van der Waals surface area contributed by atoms with Crippen LogP contribution in [-0.4, -0.2) is 124 Å². The predicted octanol–water partition coefficient (Wildman–Crippen LogP) is 0.997. The van der Waals surface area contributed by atoms with Crippen LogP contribution in [0.2, 0.25) is 0 Å². The highest BCUT2D eigenvalue weighted by Gasteiger charge is 2.44. The van der Waals surface area contributed by atoms with E-state index in [2.05, 4.69) is 26.6 Å². The van der Waals surface area contributed by atoms with Crippen molar-refractivity contribution < 1.29 is 62.5 Å². The van der Waals surface area contributed by atoms with Crippen molar-refractivity contribution in [1.82, 2.24) is 31.5 Å². The molecule has 1 aliphatic rings. The van der Waals surface area contributed by atoms with Gasteiger partial charge in [-0.25, -0.2) is 4.39 Å². The first-order valence-corrected chi connectivity index (χ1v) is 19.8. The van der Waals surface area contributed by atoms with Crippen LogP contribution >= 0.6 is 0 Å². The summed E-state index contributed by atoms with van der Waals surface area (Å²) in [6, 6.07) is 1.16. The number of nitrogens with zero attached hydrogens (tertiary/aromatic N) is 1. The third-order valence-corrected chi connectivity index (χ3v) is 9.97. The van der Waals surface area contributed by atoms with Crippen LogP contribution in [0.4, 0.5) is 4.39 Å². The number of carboxylic acids is 2. The molecule has 1 fully saturated rings. The number of carbonyl (C=O) groups is 9. The van der Waals surface area contributed by atoms with Gasteiger partial charge in [-0.05, 0) is 30.2 Å². The van der Waals surface area contributed by atoms with E-state index in [0.717, 1.165) is 12.5 Å². The number of Topliss-reactive ketones (excluding diaryl/α,β-unsaturated/α-hetero) is 1. The number of aliphatic carboxylic acids is 2. The molecule has 1 aliphatic heterocycles. The number of halogens is 1. The van der Waals surface area contributed by atoms with Crippen molar-refractivity contribution in [3.8, 4) is 0 Å². The molecule has 0 aromatic heterocycles. The Kier molecular flexibility index (Phi) is 20.6. The highest BCUT2D eigenvalue weighted by molar-refractivity contribution is 5.98. The number of likely N-dealkylation sites (tertiary alicyclic amines) is 1. The van der Waals surface area contributed by atoms with Gasteiger partial charge in [-0.3, -0.25) is 43.2 Å². The summed E-state index contributed by atoms with van der Waals surface area (Å²) in [5.41, 5.74) is 0.845. The van der Waals surface area contributed by atoms with Crippen LogP contribution in [0.3, 0.4) is 0 Å². The molecule has 19 heteroatoms. The molecule has 0 spiro atoms. The monoisotopic (exact) mass is 834 g/mol. The Labute approximate surface area is 343 Å². The van der Waals surface area contributed by atoms with Crippen molar-refractivity contribution in [2.45, 2.75) is 135 Å². The molecule has 59 heavy (non-hydrogen) atoms. The van der Waals surface area contributed by atoms with E-state index in [-0.39, 0.29) is 26.0 Å². The van der Waals surface area contributed by atoms with Crippen LogP contribution < -0.4 is 26.6 Å². The van der Waals surface area contributed by atoms with Crippen molar-refractivity contribution in [3.05, 3.63) is 35.9 Å². The quantitative estimate of drug-likeness (QED) is 0.0728. The molecule has 0 bridgehead atoms. The smallest absolute Gasteiger partial charge is 0.305 e. The van der Waals surface area contributed by atoms with E-state index >= 15 is 0 Å². The Bertz CT molecular complexity index is 1630. The minimum Gasteiger partial charge on any atom is -0.481 e. The maximum absolute atomic E-state index is 14.4.